The molecule has 2 N–H and O–H groups in total. The van der Waals surface area contributed by atoms with Crippen LogP contribution < -0.4 is 5.73 Å². The monoisotopic (exact) mass is 544 g/mol. The van der Waals surface area contributed by atoms with E-state index >= 15 is 0 Å². The minimum absolute atomic E-state index is 0.0437. The highest BCUT2D eigenvalue weighted by Gasteiger charge is 2.70. The molecule has 0 spiro atoms. The second-order valence-electron chi connectivity index (χ2n) is 15.6. The van der Waals surface area contributed by atoms with Crippen LogP contribution >= 0.6 is 0 Å². The molecule has 1 aromatic heterocycles. The molecule has 0 aliphatic heterocycles. The van der Waals surface area contributed by atoms with Gasteiger partial charge in [-0.05, 0) is 79.1 Å². The number of ketones is 2. The summed E-state index contributed by atoms with van der Waals surface area (Å²) in [7, 11) is 0. The van der Waals surface area contributed by atoms with Crippen molar-refractivity contribution in [3.8, 4) is 6.07 Å². The predicted molar refractivity (Wildman–Crippen MR) is 150 cm³/mol. The zero-order chi connectivity index (χ0) is 29.1. The number of nitriles is 1. The number of nitrogens with two attached hydrogens (primary N) is 1. The second-order valence-corrected chi connectivity index (χ2v) is 15.6. The van der Waals surface area contributed by atoms with E-state index in [2.05, 4.69) is 45.8 Å². The van der Waals surface area contributed by atoms with E-state index in [0.717, 1.165) is 56.3 Å². The molecular formula is C33H44N4O3. The van der Waals surface area contributed by atoms with Gasteiger partial charge in [-0.15, -0.1) is 0 Å². The first-order valence-corrected chi connectivity index (χ1v) is 15.1. The molecule has 1 heterocycles. The summed E-state index contributed by atoms with van der Waals surface area (Å²) in [5.41, 5.74) is 5.33. The summed E-state index contributed by atoms with van der Waals surface area (Å²) in [5, 5.41) is 14.4. The number of carbonyl (C=O) groups is 2. The van der Waals surface area contributed by atoms with Gasteiger partial charge in [0, 0.05) is 22.2 Å². The molecule has 3 fully saturated rings. The maximum Gasteiger partial charge on any atom is 0.240 e. The smallest absolute Gasteiger partial charge is 0.240 e. The number of fused-ring (bicyclic) bond motifs is 7. The lowest BCUT2D eigenvalue weighted by Crippen LogP contribution is -2.65. The van der Waals surface area contributed by atoms with Gasteiger partial charge < -0.3 is 10.3 Å². The van der Waals surface area contributed by atoms with E-state index in [0.29, 0.717) is 5.89 Å². The van der Waals surface area contributed by atoms with E-state index in [1.165, 1.54) is 0 Å². The normalized spacial score (nSPS) is 43.3. The molecule has 5 aliphatic rings. The highest BCUT2D eigenvalue weighted by atomic mass is 16.5. The van der Waals surface area contributed by atoms with Crippen LogP contribution in [-0.4, -0.2) is 21.7 Å². The fourth-order valence-corrected chi connectivity index (χ4v) is 10.6. The molecule has 7 atom stereocenters. The number of hydrogen-bond donors (Lipinski definition) is 1. The predicted octanol–water partition coefficient (Wildman–Crippen LogP) is 6.00. The lowest BCUT2D eigenvalue weighted by molar-refractivity contribution is -0.160. The van der Waals surface area contributed by atoms with Gasteiger partial charge in [-0.25, -0.2) is 0 Å². The van der Waals surface area contributed by atoms with E-state index in [9.17, 15) is 14.9 Å². The molecule has 0 saturated heterocycles. The Morgan fingerprint density at radius 2 is 1.75 bits per heavy atom. The summed E-state index contributed by atoms with van der Waals surface area (Å²) in [6.07, 6.45) is 10.4. The number of carbonyl (C=O) groups excluding carboxylic acids is 2. The molecule has 0 aromatic carbocycles. The van der Waals surface area contributed by atoms with Crippen molar-refractivity contribution < 1.29 is 14.1 Å². The zero-order valence-corrected chi connectivity index (χ0v) is 25.2. The van der Waals surface area contributed by atoms with E-state index in [4.69, 9.17) is 15.2 Å². The van der Waals surface area contributed by atoms with Gasteiger partial charge in [0.05, 0.1) is 12.1 Å². The van der Waals surface area contributed by atoms with Crippen molar-refractivity contribution >= 4 is 11.6 Å². The molecule has 1 aromatic rings. The lowest BCUT2D eigenvalue weighted by atomic mass is 9.34. The van der Waals surface area contributed by atoms with Crippen LogP contribution in [0.25, 0.3) is 0 Å². The van der Waals surface area contributed by atoms with Gasteiger partial charge in [0.15, 0.2) is 17.4 Å². The second kappa shape index (κ2) is 8.25. The Labute approximate surface area is 238 Å². The maximum absolute atomic E-state index is 14.6. The van der Waals surface area contributed by atoms with Crippen molar-refractivity contribution in [1.82, 2.24) is 10.1 Å². The topological polar surface area (TPSA) is 123 Å². The SMILES string of the molecule is CC1(C)CC[C@]2(c3noc(CN)n3)CC[C@]3(C)[C@H](C(=O)C=C4[C@@]5(C)C=C(C#N)C(=O)C(C)(C)C5CC[C@]43C)C2C1. The fourth-order valence-electron chi connectivity index (χ4n) is 10.6. The van der Waals surface area contributed by atoms with Crippen LogP contribution in [0, 0.1) is 56.2 Å². The third-order valence-corrected chi connectivity index (χ3v) is 12.9. The molecule has 2 unspecified atom stereocenters. The Morgan fingerprint density at radius 3 is 2.40 bits per heavy atom. The minimum atomic E-state index is -0.661. The van der Waals surface area contributed by atoms with Crippen molar-refractivity contribution in [2.24, 2.45) is 50.6 Å². The van der Waals surface area contributed by atoms with Crippen LogP contribution in [0.4, 0.5) is 0 Å². The maximum atomic E-state index is 14.6. The van der Waals surface area contributed by atoms with Gasteiger partial charge in [-0.1, -0.05) is 65.3 Å². The third-order valence-electron chi connectivity index (χ3n) is 12.9. The van der Waals surface area contributed by atoms with Crippen molar-refractivity contribution in [1.29, 1.82) is 5.26 Å². The highest BCUT2D eigenvalue weighted by Crippen LogP contribution is 2.74. The first-order chi connectivity index (χ1) is 18.6. The molecule has 6 rings (SSSR count). The Bertz CT molecular complexity index is 1410. The Balaban J connectivity index is 1.53. The summed E-state index contributed by atoms with van der Waals surface area (Å²) < 4.78 is 5.53. The molecule has 0 bridgehead atoms. The van der Waals surface area contributed by atoms with Crippen LogP contribution in [-0.2, 0) is 21.5 Å². The van der Waals surface area contributed by atoms with E-state index in [1.807, 2.05) is 26.0 Å². The molecular weight excluding hydrogens is 500 g/mol. The van der Waals surface area contributed by atoms with E-state index in [-0.39, 0.29) is 63.1 Å². The van der Waals surface area contributed by atoms with Gasteiger partial charge in [0.1, 0.15) is 6.07 Å². The molecule has 40 heavy (non-hydrogen) atoms. The van der Waals surface area contributed by atoms with Gasteiger partial charge in [-0.3, -0.25) is 9.59 Å². The lowest BCUT2D eigenvalue weighted by Gasteiger charge is -2.69. The quantitative estimate of drug-likeness (QED) is 0.484. The summed E-state index contributed by atoms with van der Waals surface area (Å²) in [6.45, 7) is 15.7. The Morgan fingerprint density at radius 1 is 1.05 bits per heavy atom. The van der Waals surface area contributed by atoms with E-state index in [1.54, 1.807) is 0 Å². The molecule has 0 radical (unpaired) electrons. The van der Waals surface area contributed by atoms with Crippen molar-refractivity contribution in [3.63, 3.8) is 0 Å². The fraction of sp³-hybridized carbons (Fsp3) is 0.727. The largest absolute Gasteiger partial charge is 0.338 e. The molecule has 214 valence electrons. The number of nitrogens with zero attached hydrogens (tertiary/aromatic N) is 3. The van der Waals surface area contributed by atoms with Crippen molar-refractivity contribution in [3.05, 3.63) is 35.0 Å². The molecule has 7 nitrogen and oxygen atoms in total. The highest BCUT2D eigenvalue weighted by molar-refractivity contribution is 6.04. The Hall–Kier alpha value is -2.59. The molecule has 3 saturated carbocycles. The van der Waals surface area contributed by atoms with Crippen LogP contribution in [0.2, 0.25) is 0 Å². The zero-order valence-electron chi connectivity index (χ0n) is 25.2. The first kappa shape index (κ1) is 27.6. The number of allylic oxidation sites excluding steroid dienone is 4. The molecule has 0 amide bonds. The van der Waals surface area contributed by atoms with Gasteiger partial charge in [0.25, 0.3) is 0 Å². The summed E-state index contributed by atoms with van der Waals surface area (Å²) in [5.74, 6) is 1.28. The summed E-state index contributed by atoms with van der Waals surface area (Å²) in [4.78, 5) is 32.7. The van der Waals surface area contributed by atoms with Gasteiger partial charge >= 0.3 is 0 Å². The number of Topliss-reactive ketones (excluding diaryl/α,β-unsaturated/α-hetero) is 1. The number of hydrogen-bond acceptors (Lipinski definition) is 7. The third kappa shape index (κ3) is 3.26. The van der Waals surface area contributed by atoms with Gasteiger partial charge in [-0.2, -0.15) is 10.2 Å². The molecule has 5 aliphatic carbocycles. The Kier molecular flexibility index (Phi) is 5.68. The minimum Gasteiger partial charge on any atom is -0.338 e. The average molecular weight is 545 g/mol. The van der Waals surface area contributed by atoms with Crippen molar-refractivity contribution in [2.45, 2.75) is 105 Å². The summed E-state index contributed by atoms with van der Waals surface area (Å²) in [6, 6.07) is 2.20. The summed E-state index contributed by atoms with van der Waals surface area (Å²) >= 11 is 0. The van der Waals surface area contributed by atoms with Crippen LogP contribution in [0.15, 0.2) is 27.8 Å². The van der Waals surface area contributed by atoms with E-state index < -0.39 is 10.8 Å². The van der Waals surface area contributed by atoms with Crippen LogP contribution in [0.5, 0.6) is 0 Å². The first-order valence-electron chi connectivity index (χ1n) is 15.1. The van der Waals surface area contributed by atoms with Gasteiger partial charge in [0.2, 0.25) is 5.89 Å². The number of aromatic nitrogens is 2. The van der Waals surface area contributed by atoms with Crippen molar-refractivity contribution in [2.75, 3.05) is 0 Å². The van der Waals surface area contributed by atoms with Crippen LogP contribution in [0.3, 0.4) is 0 Å². The number of rotatable bonds is 2. The average Bonchev–Trinajstić information content (AvgIpc) is 3.37. The standard InChI is InChI=1S/C33H44N4O3/c1-28(2)10-12-33(27-36-24(18-35)40-37-27)13-11-32(7)25(20(33)16-28)21(38)14-23-30(5)15-19(17-34)26(39)29(3,4)22(30)8-9-31(23,32)6/h14-15,20,22,25H,8-13,16,18,35H2,1-7H3/t20?,22?,25-,30-,31+,32+,33-/m0/s1. The molecule has 7 heteroatoms. The van der Waals surface area contributed by atoms with Crippen LogP contribution in [0.1, 0.15) is 105 Å².